The van der Waals surface area contributed by atoms with Crippen LogP contribution in [-0.2, 0) is 6.42 Å². The molecule has 0 bridgehead atoms. The van der Waals surface area contributed by atoms with Crippen molar-refractivity contribution in [2.45, 2.75) is 51.1 Å². The third-order valence-electron chi connectivity index (χ3n) is 4.28. The second-order valence-electron chi connectivity index (χ2n) is 5.35. The van der Waals surface area contributed by atoms with Crippen molar-refractivity contribution in [3.63, 3.8) is 0 Å². The van der Waals surface area contributed by atoms with Crippen molar-refractivity contribution in [1.29, 1.82) is 0 Å². The molecule has 2 atom stereocenters. The zero-order valence-electron chi connectivity index (χ0n) is 11.0. The minimum absolute atomic E-state index is 0.145. The summed E-state index contributed by atoms with van der Waals surface area (Å²) < 4.78 is 1.98. The van der Waals surface area contributed by atoms with Crippen LogP contribution in [0.3, 0.4) is 0 Å². The van der Waals surface area contributed by atoms with Crippen LogP contribution in [0.4, 0.5) is 0 Å². The van der Waals surface area contributed by atoms with Crippen molar-refractivity contribution in [1.82, 2.24) is 19.7 Å². The number of aromatic nitrogens is 3. The van der Waals surface area contributed by atoms with Crippen molar-refractivity contribution in [2.24, 2.45) is 0 Å². The molecule has 1 aromatic rings. The summed E-state index contributed by atoms with van der Waals surface area (Å²) in [6, 6.07) is 0.541. The van der Waals surface area contributed by atoms with Crippen LogP contribution >= 0.6 is 0 Å². The summed E-state index contributed by atoms with van der Waals surface area (Å²) in [6.07, 6.45) is 5.55. The molecule has 0 saturated carbocycles. The molecule has 18 heavy (non-hydrogen) atoms. The molecule has 0 aromatic carbocycles. The third kappa shape index (κ3) is 1.95. The largest absolute Gasteiger partial charge is 0.394 e. The fourth-order valence-electron chi connectivity index (χ4n) is 3.26. The maximum absolute atomic E-state index is 9.41. The van der Waals surface area contributed by atoms with Gasteiger partial charge < -0.3 is 5.11 Å². The van der Waals surface area contributed by atoms with Gasteiger partial charge in [-0.2, -0.15) is 5.10 Å². The Morgan fingerprint density at radius 1 is 1.33 bits per heavy atom. The van der Waals surface area contributed by atoms with Crippen LogP contribution in [-0.4, -0.2) is 44.5 Å². The fraction of sp³-hybridized carbons (Fsp3) is 0.846. The first kappa shape index (κ1) is 12.1. The molecule has 0 spiro atoms. The van der Waals surface area contributed by atoms with Crippen LogP contribution in [0.1, 0.15) is 56.3 Å². The van der Waals surface area contributed by atoms with E-state index in [-0.39, 0.29) is 12.6 Å². The van der Waals surface area contributed by atoms with E-state index in [1.807, 2.05) is 4.68 Å². The number of hydrogen-bond donors (Lipinski definition) is 1. The molecule has 3 heterocycles. The zero-order chi connectivity index (χ0) is 12.5. The van der Waals surface area contributed by atoms with Gasteiger partial charge in [0.05, 0.1) is 18.7 Å². The highest BCUT2D eigenvalue weighted by molar-refractivity contribution is 5.04. The van der Waals surface area contributed by atoms with Crippen LogP contribution in [0.2, 0.25) is 0 Å². The van der Waals surface area contributed by atoms with Crippen LogP contribution < -0.4 is 0 Å². The number of aliphatic hydroxyl groups is 1. The van der Waals surface area contributed by atoms with E-state index < -0.39 is 0 Å². The molecule has 5 nitrogen and oxygen atoms in total. The number of rotatable bonds is 3. The molecule has 2 aliphatic heterocycles. The molecule has 2 aliphatic rings. The monoisotopic (exact) mass is 250 g/mol. The van der Waals surface area contributed by atoms with Gasteiger partial charge in [0.15, 0.2) is 5.82 Å². The summed E-state index contributed by atoms with van der Waals surface area (Å²) in [5.74, 6) is 2.04. The van der Waals surface area contributed by atoms with Gasteiger partial charge >= 0.3 is 0 Å². The topological polar surface area (TPSA) is 54.2 Å². The van der Waals surface area contributed by atoms with Crippen LogP contribution in [0, 0.1) is 0 Å². The number of nitrogens with zero attached hydrogens (tertiary/aromatic N) is 4. The average Bonchev–Trinajstić information content (AvgIpc) is 3.03. The van der Waals surface area contributed by atoms with Gasteiger partial charge in [-0.15, -0.1) is 0 Å². The van der Waals surface area contributed by atoms with E-state index >= 15 is 0 Å². The molecule has 3 rings (SSSR count). The Labute approximate surface area is 108 Å². The second kappa shape index (κ2) is 4.97. The van der Waals surface area contributed by atoms with Gasteiger partial charge in [0.2, 0.25) is 0 Å². The molecular weight excluding hydrogens is 228 g/mol. The summed E-state index contributed by atoms with van der Waals surface area (Å²) >= 11 is 0. The number of hydrogen-bond acceptors (Lipinski definition) is 4. The Bertz CT molecular complexity index is 417. The average molecular weight is 250 g/mol. The van der Waals surface area contributed by atoms with E-state index in [1.54, 1.807) is 0 Å². The van der Waals surface area contributed by atoms with Crippen LogP contribution in [0.25, 0.3) is 0 Å². The normalized spacial score (nSPS) is 28.6. The lowest BCUT2D eigenvalue weighted by molar-refractivity contribution is 0.193. The lowest BCUT2D eigenvalue weighted by atomic mass is 10.1. The molecule has 2 unspecified atom stereocenters. The van der Waals surface area contributed by atoms with E-state index in [0.717, 1.165) is 44.0 Å². The first-order valence-electron chi connectivity index (χ1n) is 7.13. The molecule has 5 heteroatoms. The minimum atomic E-state index is 0.145. The number of aliphatic hydroxyl groups excluding tert-OH is 1. The molecule has 1 N–H and O–H groups in total. The standard InChI is InChI=1S/C13H22N4O/c1-2-16-8-4-6-11(16)13-14-12-7-3-5-10(9-18)17(12)15-13/h10-11,18H,2-9H2,1H3. The summed E-state index contributed by atoms with van der Waals surface area (Å²) in [6.45, 7) is 4.61. The van der Waals surface area contributed by atoms with Crippen molar-refractivity contribution >= 4 is 0 Å². The first-order valence-corrected chi connectivity index (χ1v) is 7.13. The summed E-state index contributed by atoms with van der Waals surface area (Å²) in [4.78, 5) is 7.18. The number of fused-ring (bicyclic) bond motifs is 1. The SMILES string of the molecule is CCN1CCCC1c1nc2n(n1)C(CO)CCC2. The zero-order valence-corrected chi connectivity index (χ0v) is 11.0. The molecule has 1 fully saturated rings. The van der Waals surface area contributed by atoms with Gasteiger partial charge in [-0.25, -0.2) is 9.67 Å². The predicted molar refractivity (Wildman–Crippen MR) is 68.3 cm³/mol. The van der Waals surface area contributed by atoms with Gasteiger partial charge in [0.25, 0.3) is 0 Å². The Hall–Kier alpha value is -0.940. The molecule has 0 aliphatic carbocycles. The minimum Gasteiger partial charge on any atom is -0.394 e. The quantitative estimate of drug-likeness (QED) is 0.878. The molecule has 1 saturated heterocycles. The van der Waals surface area contributed by atoms with Crippen LogP contribution in [0.5, 0.6) is 0 Å². The van der Waals surface area contributed by atoms with Gasteiger partial charge in [-0.1, -0.05) is 6.92 Å². The van der Waals surface area contributed by atoms with E-state index in [1.165, 1.54) is 12.8 Å². The highest BCUT2D eigenvalue weighted by Gasteiger charge is 2.30. The van der Waals surface area contributed by atoms with Crippen LogP contribution in [0.15, 0.2) is 0 Å². The van der Waals surface area contributed by atoms with Gasteiger partial charge in [-0.05, 0) is 38.8 Å². The third-order valence-corrected chi connectivity index (χ3v) is 4.28. The molecule has 100 valence electrons. The maximum Gasteiger partial charge on any atom is 0.168 e. The number of aryl methyl sites for hydroxylation is 1. The lowest BCUT2D eigenvalue weighted by Gasteiger charge is -2.21. The summed E-state index contributed by atoms with van der Waals surface area (Å²) in [5.41, 5.74) is 0. The van der Waals surface area contributed by atoms with Crippen molar-refractivity contribution in [2.75, 3.05) is 19.7 Å². The van der Waals surface area contributed by atoms with Gasteiger partial charge in [-0.3, -0.25) is 4.90 Å². The van der Waals surface area contributed by atoms with Crippen molar-refractivity contribution < 1.29 is 5.11 Å². The first-order chi connectivity index (χ1) is 8.83. The van der Waals surface area contributed by atoms with E-state index in [4.69, 9.17) is 4.98 Å². The van der Waals surface area contributed by atoms with Crippen molar-refractivity contribution in [3.8, 4) is 0 Å². The van der Waals surface area contributed by atoms with Gasteiger partial charge in [0.1, 0.15) is 5.82 Å². The summed E-state index contributed by atoms with van der Waals surface area (Å²) in [5, 5.41) is 14.1. The Morgan fingerprint density at radius 3 is 3.00 bits per heavy atom. The van der Waals surface area contributed by atoms with E-state index in [2.05, 4.69) is 16.9 Å². The predicted octanol–water partition coefficient (Wildman–Crippen LogP) is 1.30. The second-order valence-corrected chi connectivity index (χ2v) is 5.35. The van der Waals surface area contributed by atoms with Crippen molar-refractivity contribution in [3.05, 3.63) is 11.6 Å². The number of likely N-dealkylation sites (tertiary alicyclic amines) is 1. The Kier molecular flexibility index (Phi) is 3.35. The Morgan fingerprint density at radius 2 is 2.22 bits per heavy atom. The van der Waals surface area contributed by atoms with Gasteiger partial charge in [0, 0.05) is 6.42 Å². The fourth-order valence-corrected chi connectivity index (χ4v) is 3.26. The Balaban J connectivity index is 1.88. The molecule has 0 radical (unpaired) electrons. The smallest absolute Gasteiger partial charge is 0.168 e. The van der Waals surface area contributed by atoms with E-state index in [9.17, 15) is 5.11 Å². The molecule has 0 amide bonds. The highest BCUT2D eigenvalue weighted by atomic mass is 16.3. The lowest BCUT2D eigenvalue weighted by Crippen LogP contribution is -2.24. The highest BCUT2D eigenvalue weighted by Crippen LogP contribution is 2.31. The maximum atomic E-state index is 9.41. The summed E-state index contributed by atoms with van der Waals surface area (Å²) in [7, 11) is 0. The molecular formula is C13H22N4O. The molecule has 1 aromatic heterocycles. The van der Waals surface area contributed by atoms with E-state index in [0.29, 0.717) is 6.04 Å².